The summed E-state index contributed by atoms with van der Waals surface area (Å²) in [5.74, 6) is 1.71. The van der Waals surface area contributed by atoms with E-state index in [1.165, 1.54) is 0 Å². The van der Waals surface area contributed by atoms with Crippen LogP contribution in [0.4, 0.5) is 0 Å². The molecule has 0 spiro atoms. The molecular weight excluding hydrogens is 445 g/mol. The van der Waals surface area contributed by atoms with E-state index in [2.05, 4.69) is 15.6 Å². The van der Waals surface area contributed by atoms with Crippen LogP contribution >= 0.6 is 24.0 Å². The lowest BCUT2D eigenvalue weighted by Crippen LogP contribution is -2.38. The van der Waals surface area contributed by atoms with Crippen LogP contribution in [0.25, 0.3) is 0 Å². The fourth-order valence-corrected chi connectivity index (χ4v) is 2.71. The van der Waals surface area contributed by atoms with Crippen LogP contribution in [0.2, 0.25) is 0 Å². The molecule has 1 saturated heterocycles. The summed E-state index contributed by atoms with van der Waals surface area (Å²) in [5, 5.41) is 16.1. The van der Waals surface area contributed by atoms with Gasteiger partial charge in [-0.2, -0.15) is 0 Å². The second kappa shape index (κ2) is 14.1. The largest absolute Gasteiger partial charge is 0.508 e. The van der Waals surface area contributed by atoms with E-state index in [0.717, 1.165) is 70.3 Å². The Hall–Kier alpha value is -1.06. The minimum absolute atomic E-state index is 0. The van der Waals surface area contributed by atoms with Crippen LogP contribution < -0.4 is 10.6 Å². The molecule has 6 nitrogen and oxygen atoms in total. The zero-order valence-electron chi connectivity index (χ0n) is 15.6. The van der Waals surface area contributed by atoms with E-state index in [1.54, 1.807) is 12.1 Å². The van der Waals surface area contributed by atoms with Gasteiger partial charge in [-0.05, 0) is 49.8 Å². The number of rotatable bonds is 9. The molecule has 0 bridgehead atoms. The smallest absolute Gasteiger partial charge is 0.191 e. The van der Waals surface area contributed by atoms with Crippen LogP contribution in [-0.2, 0) is 16.0 Å². The van der Waals surface area contributed by atoms with E-state index in [9.17, 15) is 5.11 Å². The van der Waals surface area contributed by atoms with E-state index in [0.29, 0.717) is 12.5 Å². The summed E-state index contributed by atoms with van der Waals surface area (Å²) < 4.78 is 11.1. The van der Waals surface area contributed by atoms with Crippen molar-refractivity contribution in [1.29, 1.82) is 0 Å². The van der Waals surface area contributed by atoms with Crippen molar-refractivity contribution in [1.82, 2.24) is 10.6 Å². The Kier molecular flexibility index (Phi) is 12.4. The SMILES string of the molecule is CCNC(=NCc1cccc(O)c1)NCCCOCC1CCOCC1.I. The average molecular weight is 477 g/mol. The van der Waals surface area contributed by atoms with Gasteiger partial charge in [0.15, 0.2) is 5.96 Å². The van der Waals surface area contributed by atoms with Crippen molar-refractivity contribution in [2.24, 2.45) is 10.9 Å². The lowest BCUT2D eigenvalue weighted by molar-refractivity contribution is 0.0203. The molecular formula is C19H32IN3O3. The van der Waals surface area contributed by atoms with Crippen LogP contribution in [-0.4, -0.2) is 50.6 Å². The van der Waals surface area contributed by atoms with Crippen molar-refractivity contribution in [2.75, 3.05) is 39.5 Å². The maximum atomic E-state index is 9.50. The van der Waals surface area contributed by atoms with Gasteiger partial charge in [-0.3, -0.25) is 0 Å². The lowest BCUT2D eigenvalue weighted by atomic mass is 10.0. The van der Waals surface area contributed by atoms with Gasteiger partial charge in [-0.15, -0.1) is 24.0 Å². The molecule has 1 heterocycles. The lowest BCUT2D eigenvalue weighted by Gasteiger charge is -2.21. The highest BCUT2D eigenvalue weighted by Crippen LogP contribution is 2.14. The second-order valence-electron chi connectivity index (χ2n) is 6.28. The number of nitrogens with one attached hydrogen (secondary N) is 2. The first-order chi connectivity index (χ1) is 12.3. The number of phenols is 1. The van der Waals surface area contributed by atoms with Crippen LogP contribution in [0.3, 0.4) is 0 Å². The first-order valence-corrected chi connectivity index (χ1v) is 9.23. The van der Waals surface area contributed by atoms with E-state index < -0.39 is 0 Å². The monoisotopic (exact) mass is 477 g/mol. The van der Waals surface area contributed by atoms with Crippen molar-refractivity contribution in [3.63, 3.8) is 0 Å². The van der Waals surface area contributed by atoms with Gasteiger partial charge < -0.3 is 25.2 Å². The molecule has 26 heavy (non-hydrogen) atoms. The number of halogens is 1. The Balaban J connectivity index is 0.00000338. The van der Waals surface area contributed by atoms with Crippen LogP contribution in [0.5, 0.6) is 5.75 Å². The second-order valence-corrected chi connectivity index (χ2v) is 6.28. The normalized spacial score (nSPS) is 15.3. The zero-order chi connectivity index (χ0) is 17.7. The molecule has 1 fully saturated rings. The zero-order valence-corrected chi connectivity index (χ0v) is 17.9. The minimum Gasteiger partial charge on any atom is -0.508 e. The fraction of sp³-hybridized carbons (Fsp3) is 0.632. The Morgan fingerprint density at radius 2 is 2.12 bits per heavy atom. The molecule has 0 saturated carbocycles. The fourth-order valence-electron chi connectivity index (χ4n) is 2.71. The van der Waals surface area contributed by atoms with Crippen molar-refractivity contribution < 1.29 is 14.6 Å². The Morgan fingerprint density at radius 1 is 1.31 bits per heavy atom. The molecule has 1 aliphatic heterocycles. The average Bonchev–Trinajstić information content (AvgIpc) is 2.63. The Labute approximate surface area is 173 Å². The van der Waals surface area contributed by atoms with Gasteiger partial charge in [0.25, 0.3) is 0 Å². The first kappa shape index (κ1) is 23.0. The first-order valence-electron chi connectivity index (χ1n) is 9.23. The number of hydrogen-bond acceptors (Lipinski definition) is 4. The summed E-state index contributed by atoms with van der Waals surface area (Å²) in [6, 6.07) is 7.18. The number of aliphatic imine (C=N–C) groups is 1. The van der Waals surface area contributed by atoms with Crippen molar-refractivity contribution in [3.8, 4) is 5.75 Å². The molecule has 2 rings (SSSR count). The molecule has 1 aliphatic rings. The summed E-state index contributed by atoms with van der Waals surface area (Å²) in [6.07, 6.45) is 3.18. The molecule has 148 valence electrons. The minimum atomic E-state index is 0. The summed E-state index contributed by atoms with van der Waals surface area (Å²) in [7, 11) is 0. The molecule has 0 aromatic heterocycles. The van der Waals surface area contributed by atoms with Crippen molar-refractivity contribution in [3.05, 3.63) is 29.8 Å². The summed E-state index contributed by atoms with van der Waals surface area (Å²) in [4.78, 5) is 4.54. The van der Waals surface area contributed by atoms with Gasteiger partial charge in [0, 0.05) is 39.5 Å². The standard InChI is InChI=1S/C19H31N3O3.HI/c1-2-20-19(22-14-17-5-3-6-18(23)13-17)21-9-4-10-25-15-16-7-11-24-12-8-16;/h3,5-6,13,16,23H,2,4,7-12,14-15H2,1H3,(H2,20,21,22);1H. The maximum absolute atomic E-state index is 9.50. The number of ether oxygens (including phenoxy) is 2. The predicted octanol–water partition coefficient (Wildman–Crippen LogP) is 2.90. The number of benzene rings is 1. The highest BCUT2D eigenvalue weighted by molar-refractivity contribution is 14.0. The Bertz CT molecular complexity index is 523. The van der Waals surface area contributed by atoms with Gasteiger partial charge in [-0.1, -0.05) is 12.1 Å². The summed E-state index contributed by atoms with van der Waals surface area (Å²) >= 11 is 0. The van der Waals surface area contributed by atoms with E-state index in [1.807, 2.05) is 19.1 Å². The van der Waals surface area contributed by atoms with Crippen LogP contribution in [0.1, 0.15) is 31.7 Å². The highest BCUT2D eigenvalue weighted by Gasteiger charge is 2.13. The van der Waals surface area contributed by atoms with Crippen LogP contribution in [0.15, 0.2) is 29.3 Å². The van der Waals surface area contributed by atoms with E-state index >= 15 is 0 Å². The molecule has 1 aromatic carbocycles. The number of aromatic hydroxyl groups is 1. The molecule has 0 atom stereocenters. The molecule has 1 aromatic rings. The number of nitrogens with zero attached hydrogens (tertiary/aromatic N) is 1. The van der Waals surface area contributed by atoms with E-state index in [4.69, 9.17) is 9.47 Å². The third-order valence-electron chi connectivity index (χ3n) is 4.13. The van der Waals surface area contributed by atoms with Gasteiger partial charge >= 0.3 is 0 Å². The number of phenolic OH excluding ortho intramolecular Hbond substituents is 1. The molecule has 0 amide bonds. The summed E-state index contributed by atoms with van der Waals surface area (Å²) in [6.45, 7) is 7.55. The van der Waals surface area contributed by atoms with Gasteiger partial charge in [-0.25, -0.2) is 4.99 Å². The molecule has 0 unspecified atom stereocenters. The van der Waals surface area contributed by atoms with Crippen LogP contribution in [0, 0.1) is 5.92 Å². The topological polar surface area (TPSA) is 75.1 Å². The van der Waals surface area contributed by atoms with Gasteiger partial charge in [0.2, 0.25) is 0 Å². The quantitative estimate of drug-likeness (QED) is 0.221. The van der Waals surface area contributed by atoms with Gasteiger partial charge in [0.1, 0.15) is 5.75 Å². The third kappa shape index (κ3) is 9.59. The van der Waals surface area contributed by atoms with Crippen molar-refractivity contribution in [2.45, 2.75) is 32.7 Å². The van der Waals surface area contributed by atoms with Gasteiger partial charge in [0.05, 0.1) is 6.54 Å². The molecule has 7 heteroatoms. The molecule has 0 aliphatic carbocycles. The maximum Gasteiger partial charge on any atom is 0.191 e. The van der Waals surface area contributed by atoms with Crippen molar-refractivity contribution >= 4 is 29.9 Å². The number of guanidine groups is 1. The molecule has 0 radical (unpaired) electrons. The number of hydrogen-bond donors (Lipinski definition) is 3. The predicted molar refractivity (Wildman–Crippen MR) is 115 cm³/mol. The molecule has 3 N–H and O–H groups in total. The summed E-state index contributed by atoms with van der Waals surface area (Å²) in [5.41, 5.74) is 0.983. The Morgan fingerprint density at radius 3 is 2.85 bits per heavy atom. The third-order valence-corrected chi connectivity index (χ3v) is 4.13. The van der Waals surface area contributed by atoms with E-state index in [-0.39, 0.29) is 29.7 Å². The highest BCUT2D eigenvalue weighted by atomic mass is 127.